The van der Waals surface area contributed by atoms with E-state index in [1.165, 1.54) is 12.7 Å². The number of hydrogen-bond donors (Lipinski definition) is 1. The fraction of sp³-hybridized carbons (Fsp3) is 0.222. The number of allylic oxidation sites excluding steroid dienone is 1. The van der Waals surface area contributed by atoms with Crippen LogP contribution in [0.5, 0.6) is 5.75 Å². The topological polar surface area (TPSA) is 55.4 Å². The minimum atomic E-state index is -3.60. The molecule has 0 atom stereocenters. The van der Waals surface area contributed by atoms with E-state index < -0.39 is 10.0 Å². The van der Waals surface area contributed by atoms with E-state index in [2.05, 4.69) is 4.72 Å². The molecule has 23 heavy (non-hydrogen) atoms. The van der Waals surface area contributed by atoms with Gasteiger partial charge in [-0.25, -0.2) is 8.42 Å². The minimum absolute atomic E-state index is 0.403. The molecule has 2 aromatic carbocycles. The highest BCUT2D eigenvalue weighted by Gasteiger charge is 2.22. The van der Waals surface area contributed by atoms with Crippen molar-refractivity contribution < 1.29 is 13.2 Å². The summed E-state index contributed by atoms with van der Waals surface area (Å²) in [6.07, 6.45) is 2.98. The van der Waals surface area contributed by atoms with Gasteiger partial charge in [0, 0.05) is 0 Å². The molecule has 0 aliphatic heterocycles. The molecule has 0 heterocycles. The standard InChI is InChI=1S/C18H19NO3S/c1-13-7-10-18(22-2)17(11-13)19-23(20,21)16-9-8-14-5-3-4-6-15(14)12-16/h3-7,10-12,19H,8-9H2,1-2H3. The zero-order valence-electron chi connectivity index (χ0n) is 13.2. The van der Waals surface area contributed by atoms with Crippen molar-refractivity contribution in [1.82, 2.24) is 0 Å². The van der Waals surface area contributed by atoms with Crippen LogP contribution >= 0.6 is 0 Å². The third kappa shape index (κ3) is 3.24. The molecule has 1 aliphatic rings. The maximum absolute atomic E-state index is 12.7. The Kier molecular flexibility index (Phi) is 4.13. The van der Waals surface area contributed by atoms with E-state index >= 15 is 0 Å². The molecular formula is C18H19NO3S. The molecule has 1 aliphatic carbocycles. The molecule has 0 bridgehead atoms. The van der Waals surface area contributed by atoms with E-state index in [0.717, 1.165) is 17.5 Å². The number of hydrogen-bond acceptors (Lipinski definition) is 3. The van der Waals surface area contributed by atoms with Crippen molar-refractivity contribution in [3.05, 3.63) is 64.1 Å². The number of benzene rings is 2. The number of aryl methyl sites for hydroxylation is 2. The molecule has 0 saturated heterocycles. The van der Waals surface area contributed by atoms with E-state index in [-0.39, 0.29) is 0 Å². The first kappa shape index (κ1) is 15.6. The minimum Gasteiger partial charge on any atom is -0.495 e. The predicted molar refractivity (Wildman–Crippen MR) is 93.0 cm³/mol. The third-order valence-corrected chi connectivity index (χ3v) is 5.46. The lowest BCUT2D eigenvalue weighted by atomic mass is 9.98. The first-order chi connectivity index (χ1) is 11.0. The van der Waals surface area contributed by atoms with Gasteiger partial charge in [-0.1, -0.05) is 30.3 Å². The Balaban J connectivity index is 1.95. The Hall–Kier alpha value is -2.27. The lowest BCUT2D eigenvalue weighted by Crippen LogP contribution is -2.18. The van der Waals surface area contributed by atoms with Crippen LogP contribution in [0.25, 0.3) is 6.08 Å². The van der Waals surface area contributed by atoms with Crippen LogP contribution < -0.4 is 9.46 Å². The summed E-state index contributed by atoms with van der Waals surface area (Å²) in [6.45, 7) is 1.91. The van der Waals surface area contributed by atoms with Gasteiger partial charge >= 0.3 is 0 Å². The second-order valence-electron chi connectivity index (χ2n) is 5.62. The van der Waals surface area contributed by atoms with E-state index in [4.69, 9.17) is 4.74 Å². The summed E-state index contributed by atoms with van der Waals surface area (Å²) in [7, 11) is -2.07. The first-order valence-corrected chi connectivity index (χ1v) is 8.94. The molecule has 0 saturated carbocycles. The van der Waals surface area contributed by atoms with Crippen molar-refractivity contribution in [2.75, 3.05) is 11.8 Å². The van der Waals surface area contributed by atoms with Crippen molar-refractivity contribution in [3.63, 3.8) is 0 Å². The van der Waals surface area contributed by atoms with E-state index in [1.807, 2.05) is 37.3 Å². The van der Waals surface area contributed by atoms with Gasteiger partial charge in [-0.05, 0) is 54.7 Å². The second-order valence-corrected chi connectivity index (χ2v) is 7.35. The Morgan fingerprint density at radius 1 is 1.09 bits per heavy atom. The van der Waals surface area contributed by atoms with Crippen LogP contribution in [0.1, 0.15) is 23.1 Å². The SMILES string of the molecule is COc1ccc(C)cc1NS(=O)(=O)C1=Cc2ccccc2CC1. The van der Waals surface area contributed by atoms with E-state index in [9.17, 15) is 8.42 Å². The maximum Gasteiger partial charge on any atom is 0.258 e. The molecule has 0 radical (unpaired) electrons. The molecule has 3 rings (SSSR count). The molecule has 0 fully saturated rings. The molecule has 2 aromatic rings. The molecule has 5 heteroatoms. The van der Waals surface area contributed by atoms with Gasteiger partial charge in [0.1, 0.15) is 5.75 Å². The van der Waals surface area contributed by atoms with E-state index in [1.54, 1.807) is 18.2 Å². The number of anilines is 1. The lowest BCUT2D eigenvalue weighted by molar-refractivity contribution is 0.417. The predicted octanol–water partition coefficient (Wildman–Crippen LogP) is 3.73. The number of rotatable bonds is 4. The van der Waals surface area contributed by atoms with Crippen LogP contribution in [0.15, 0.2) is 47.4 Å². The highest BCUT2D eigenvalue weighted by Crippen LogP contribution is 2.31. The molecule has 0 unspecified atom stereocenters. The lowest BCUT2D eigenvalue weighted by Gasteiger charge is -2.18. The van der Waals surface area contributed by atoms with Gasteiger partial charge in [0.15, 0.2) is 0 Å². The highest BCUT2D eigenvalue weighted by atomic mass is 32.2. The average Bonchev–Trinajstić information content (AvgIpc) is 2.54. The summed E-state index contributed by atoms with van der Waals surface area (Å²) in [6, 6.07) is 13.3. The quantitative estimate of drug-likeness (QED) is 0.930. The number of methoxy groups -OCH3 is 1. The Morgan fingerprint density at radius 2 is 1.87 bits per heavy atom. The monoisotopic (exact) mass is 329 g/mol. The molecule has 0 spiro atoms. The van der Waals surface area contributed by atoms with Crippen molar-refractivity contribution in [1.29, 1.82) is 0 Å². The van der Waals surface area contributed by atoms with Gasteiger partial charge in [0.05, 0.1) is 17.7 Å². The number of ether oxygens (including phenoxy) is 1. The summed E-state index contributed by atoms with van der Waals surface area (Å²) < 4.78 is 33.3. The van der Waals surface area contributed by atoms with Gasteiger partial charge in [-0.2, -0.15) is 0 Å². The summed E-state index contributed by atoms with van der Waals surface area (Å²) in [5.74, 6) is 0.510. The van der Waals surface area contributed by atoms with Crippen LogP contribution in [0.4, 0.5) is 5.69 Å². The van der Waals surface area contributed by atoms with Gasteiger partial charge in [0.25, 0.3) is 10.0 Å². The van der Waals surface area contributed by atoms with Crippen molar-refractivity contribution in [2.24, 2.45) is 0 Å². The average molecular weight is 329 g/mol. The number of fused-ring (bicyclic) bond motifs is 1. The maximum atomic E-state index is 12.7. The summed E-state index contributed by atoms with van der Waals surface area (Å²) in [5.41, 5.74) is 3.58. The molecule has 1 N–H and O–H groups in total. The Labute approximate surface area is 136 Å². The summed E-state index contributed by atoms with van der Waals surface area (Å²) in [4.78, 5) is 0.403. The van der Waals surface area contributed by atoms with Crippen LogP contribution in [-0.2, 0) is 16.4 Å². The second kappa shape index (κ2) is 6.08. The van der Waals surface area contributed by atoms with Crippen molar-refractivity contribution in [2.45, 2.75) is 19.8 Å². The smallest absolute Gasteiger partial charge is 0.258 e. The molecular weight excluding hydrogens is 310 g/mol. The van der Waals surface area contributed by atoms with Crippen LogP contribution in [0.3, 0.4) is 0 Å². The normalized spacial score (nSPS) is 13.9. The molecule has 120 valence electrons. The van der Waals surface area contributed by atoms with Crippen molar-refractivity contribution >= 4 is 21.8 Å². The molecule has 4 nitrogen and oxygen atoms in total. The van der Waals surface area contributed by atoms with Crippen LogP contribution in [-0.4, -0.2) is 15.5 Å². The highest BCUT2D eigenvalue weighted by molar-refractivity contribution is 7.96. The molecule has 0 amide bonds. The van der Waals surface area contributed by atoms with E-state index in [0.29, 0.717) is 22.8 Å². The van der Waals surface area contributed by atoms with Crippen LogP contribution in [0.2, 0.25) is 0 Å². The zero-order valence-corrected chi connectivity index (χ0v) is 14.0. The Bertz CT molecular complexity index is 870. The number of sulfonamides is 1. The van der Waals surface area contributed by atoms with Crippen LogP contribution in [0, 0.1) is 6.92 Å². The fourth-order valence-corrected chi connectivity index (χ4v) is 3.96. The van der Waals surface area contributed by atoms with Gasteiger partial charge in [-0.3, -0.25) is 4.72 Å². The summed E-state index contributed by atoms with van der Waals surface area (Å²) >= 11 is 0. The zero-order chi connectivity index (χ0) is 16.4. The summed E-state index contributed by atoms with van der Waals surface area (Å²) in [5, 5.41) is 0. The van der Waals surface area contributed by atoms with Crippen molar-refractivity contribution in [3.8, 4) is 5.75 Å². The number of nitrogens with one attached hydrogen (secondary N) is 1. The van der Waals surface area contributed by atoms with Gasteiger partial charge in [-0.15, -0.1) is 0 Å². The Morgan fingerprint density at radius 3 is 2.65 bits per heavy atom. The largest absolute Gasteiger partial charge is 0.495 e. The third-order valence-electron chi connectivity index (χ3n) is 3.96. The fourth-order valence-electron chi connectivity index (χ4n) is 2.73. The first-order valence-electron chi connectivity index (χ1n) is 7.45. The van der Waals surface area contributed by atoms with Gasteiger partial charge in [0.2, 0.25) is 0 Å². The van der Waals surface area contributed by atoms with Gasteiger partial charge < -0.3 is 4.74 Å². The molecule has 0 aromatic heterocycles.